The van der Waals surface area contributed by atoms with Gasteiger partial charge in [-0.3, -0.25) is 24.5 Å². The lowest BCUT2D eigenvalue weighted by atomic mass is 9.90. The lowest BCUT2D eigenvalue weighted by molar-refractivity contribution is 0.0957. The van der Waals surface area contributed by atoms with Crippen molar-refractivity contribution in [3.05, 3.63) is 95.7 Å². The second-order valence-electron chi connectivity index (χ2n) is 8.93. The van der Waals surface area contributed by atoms with E-state index in [4.69, 9.17) is 0 Å². The molecule has 0 unspecified atom stereocenters. The van der Waals surface area contributed by atoms with Crippen LogP contribution in [0.3, 0.4) is 0 Å². The summed E-state index contributed by atoms with van der Waals surface area (Å²) in [6.45, 7) is 3.47. The summed E-state index contributed by atoms with van der Waals surface area (Å²) in [6, 6.07) is 19.5. The number of carbonyl (C=O) groups is 2. The Balaban J connectivity index is 1.66. The van der Waals surface area contributed by atoms with Gasteiger partial charge in [0, 0.05) is 48.0 Å². The first-order chi connectivity index (χ1) is 18.2. The second kappa shape index (κ2) is 10.7. The Morgan fingerprint density at radius 3 is 2.32 bits per heavy atom. The average Bonchev–Trinajstić information content (AvgIpc) is 2.96. The molecule has 3 aromatic heterocycles. The molecular weight excluding hydrogens is 478 g/mol. The number of hydrogen-bond donors (Lipinski definition) is 2. The number of carbonyl (C=O) groups excluding carboxylic acids is 2. The van der Waals surface area contributed by atoms with Gasteiger partial charge in [-0.1, -0.05) is 0 Å². The van der Waals surface area contributed by atoms with Crippen LogP contribution in [0.15, 0.2) is 73.2 Å². The SMILES string of the molecule is CNC(=O)c1cc(-c2cc(-c3cc(NC(=O)c4ccnc(C(C)(C)C#N)c4)ccc3C#N)ccn2)ccn1. The smallest absolute Gasteiger partial charge is 0.269 e. The lowest BCUT2D eigenvalue weighted by Crippen LogP contribution is -2.19. The van der Waals surface area contributed by atoms with Crippen LogP contribution in [0.2, 0.25) is 0 Å². The number of rotatable bonds is 6. The highest BCUT2D eigenvalue weighted by molar-refractivity contribution is 6.04. The molecular formula is C29H23N7O2. The summed E-state index contributed by atoms with van der Waals surface area (Å²) in [4.78, 5) is 37.7. The summed E-state index contributed by atoms with van der Waals surface area (Å²) in [5, 5.41) is 24.5. The Bertz CT molecular complexity index is 1630. The molecule has 0 bridgehead atoms. The van der Waals surface area contributed by atoms with Crippen LogP contribution in [0.25, 0.3) is 22.4 Å². The molecule has 2 amide bonds. The summed E-state index contributed by atoms with van der Waals surface area (Å²) in [5.74, 6) is -0.678. The molecule has 0 aliphatic rings. The third kappa shape index (κ3) is 5.38. The molecule has 1 aromatic carbocycles. The fourth-order valence-corrected chi connectivity index (χ4v) is 3.73. The van der Waals surface area contributed by atoms with E-state index in [-0.39, 0.29) is 17.5 Å². The first-order valence-electron chi connectivity index (χ1n) is 11.6. The van der Waals surface area contributed by atoms with Crippen LogP contribution >= 0.6 is 0 Å². The topological polar surface area (TPSA) is 144 Å². The number of pyridine rings is 3. The van der Waals surface area contributed by atoms with Crippen LogP contribution in [0.4, 0.5) is 5.69 Å². The Morgan fingerprint density at radius 2 is 1.58 bits per heavy atom. The first kappa shape index (κ1) is 25.7. The van der Waals surface area contributed by atoms with Crippen LogP contribution in [-0.4, -0.2) is 33.8 Å². The summed E-state index contributed by atoms with van der Waals surface area (Å²) in [7, 11) is 1.53. The molecule has 2 N–H and O–H groups in total. The second-order valence-corrected chi connectivity index (χ2v) is 8.93. The van der Waals surface area contributed by atoms with E-state index in [1.807, 2.05) is 6.07 Å². The molecule has 0 saturated carbocycles. The predicted octanol–water partition coefficient (Wildman–Crippen LogP) is 4.49. The highest BCUT2D eigenvalue weighted by Crippen LogP contribution is 2.30. The molecule has 0 radical (unpaired) electrons. The third-order valence-electron chi connectivity index (χ3n) is 5.93. The van der Waals surface area contributed by atoms with Crippen LogP contribution < -0.4 is 10.6 Å². The van der Waals surface area contributed by atoms with Crippen LogP contribution in [-0.2, 0) is 5.41 Å². The summed E-state index contributed by atoms with van der Waals surface area (Å²) in [6.07, 6.45) is 4.65. The third-order valence-corrected chi connectivity index (χ3v) is 5.93. The van der Waals surface area contributed by atoms with Crippen LogP contribution in [0, 0.1) is 22.7 Å². The van der Waals surface area contributed by atoms with Gasteiger partial charge in [0.2, 0.25) is 0 Å². The van der Waals surface area contributed by atoms with E-state index in [2.05, 4.69) is 37.7 Å². The maximum Gasteiger partial charge on any atom is 0.269 e. The van der Waals surface area contributed by atoms with Crippen LogP contribution in [0.1, 0.15) is 46.0 Å². The predicted molar refractivity (Wildman–Crippen MR) is 142 cm³/mol. The number of nitrogens with one attached hydrogen (secondary N) is 2. The van der Waals surface area contributed by atoms with E-state index >= 15 is 0 Å². The van der Waals surface area contributed by atoms with Crippen molar-refractivity contribution in [3.63, 3.8) is 0 Å². The maximum absolute atomic E-state index is 13.0. The molecule has 4 aromatic rings. The zero-order chi connectivity index (χ0) is 27.3. The molecule has 0 atom stereocenters. The van der Waals surface area contributed by atoms with Gasteiger partial charge < -0.3 is 10.6 Å². The lowest BCUT2D eigenvalue weighted by Gasteiger charge is -2.15. The number of aromatic nitrogens is 3. The Labute approximate surface area is 219 Å². The molecule has 0 spiro atoms. The van der Waals surface area contributed by atoms with Gasteiger partial charge in [0.25, 0.3) is 11.8 Å². The van der Waals surface area contributed by atoms with E-state index in [1.54, 1.807) is 68.6 Å². The van der Waals surface area contributed by atoms with Crippen molar-refractivity contribution in [1.82, 2.24) is 20.3 Å². The van der Waals surface area contributed by atoms with Crippen molar-refractivity contribution in [2.75, 3.05) is 12.4 Å². The van der Waals surface area contributed by atoms with Gasteiger partial charge in [-0.05, 0) is 74.0 Å². The van der Waals surface area contributed by atoms with Gasteiger partial charge in [0.1, 0.15) is 5.69 Å². The standard InChI is InChI=1S/C29H23N7O2/c1-29(2,17-31)26-14-20(8-11-35-26)27(37)36-22-5-4-21(16-30)23(15-22)18-6-9-33-24(12-18)19-7-10-34-25(13-19)28(38)32-3/h4-15H,1-3H3,(H,32,38)(H,36,37). The zero-order valence-electron chi connectivity index (χ0n) is 21.0. The molecule has 0 aliphatic heterocycles. The normalized spacial score (nSPS) is 10.7. The first-order valence-corrected chi connectivity index (χ1v) is 11.6. The minimum atomic E-state index is -0.840. The quantitative estimate of drug-likeness (QED) is 0.396. The fraction of sp³-hybridized carbons (Fsp3) is 0.138. The fourth-order valence-electron chi connectivity index (χ4n) is 3.73. The largest absolute Gasteiger partial charge is 0.354 e. The van der Waals surface area contributed by atoms with Crippen molar-refractivity contribution < 1.29 is 9.59 Å². The molecule has 4 rings (SSSR count). The Kier molecular flexibility index (Phi) is 7.22. The van der Waals surface area contributed by atoms with Gasteiger partial charge in [0.15, 0.2) is 0 Å². The number of anilines is 1. The Morgan fingerprint density at radius 1 is 0.842 bits per heavy atom. The van der Waals surface area contributed by atoms with E-state index in [1.165, 1.54) is 19.4 Å². The van der Waals surface area contributed by atoms with Gasteiger partial charge in [-0.15, -0.1) is 0 Å². The summed E-state index contributed by atoms with van der Waals surface area (Å²) >= 11 is 0. The van der Waals surface area contributed by atoms with Crippen molar-refractivity contribution in [1.29, 1.82) is 10.5 Å². The minimum absolute atomic E-state index is 0.261. The zero-order valence-corrected chi connectivity index (χ0v) is 21.0. The van der Waals surface area contributed by atoms with Crippen molar-refractivity contribution in [2.24, 2.45) is 0 Å². The van der Waals surface area contributed by atoms with E-state index < -0.39 is 5.41 Å². The van der Waals surface area contributed by atoms with E-state index in [9.17, 15) is 20.1 Å². The average molecular weight is 502 g/mol. The van der Waals surface area contributed by atoms with E-state index in [0.717, 1.165) is 0 Å². The summed E-state index contributed by atoms with van der Waals surface area (Å²) in [5.41, 5.74) is 3.79. The minimum Gasteiger partial charge on any atom is -0.354 e. The van der Waals surface area contributed by atoms with Crippen molar-refractivity contribution in [3.8, 4) is 34.5 Å². The molecule has 9 heteroatoms. The molecule has 0 fully saturated rings. The van der Waals surface area contributed by atoms with Crippen molar-refractivity contribution in [2.45, 2.75) is 19.3 Å². The number of benzene rings is 1. The van der Waals surface area contributed by atoms with E-state index in [0.29, 0.717) is 44.9 Å². The highest BCUT2D eigenvalue weighted by Gasteiger charge is 2.22. The van der Waals surface area contributed by atoms with Crippen molar-refractivity contribution >= 4 is 17.5 Å². The maximum atomic E-state index is 13.0. The summed E-state index contributed by atoms with van der Waals surface area (Å²) < 4.78 is 0. The molecule has 9 nitrogen and oxygen atoms in total. The van der Waals surface area contributed by atoms with Gasteiger partial charge in [0.05, 0.1) is 34.5 Å². The molecule has 0 saturated heterocycles. The molecule has 38 heavy (non-hydrogen) atoms. The molecule has 3 heterocycles. The van der Waals surface area contributed by atoms with Gasteiger partial charge in [-0.25, -0.2) is 0 Å². The van der Waals surface area contributed by atoms with Gasteiger partial charge in [-0.2, -0.15) is 10.5 Å². The monoisotopic (exact) mass is 501 g/mol. The number of nitrogens with zero attached hydrogens (tertiary/aromatic N) is 5. The number of nitriles is 2. The van der Waals surface area contributed by atoms with Crippen LogP contribution in [0.5, 0.6) is 0 Å². The molecule has 0 aliphatic carbocycles. The molecule has 186 valence electrons. The number of amides is 2. The Hall–Kier alpha value is -5.41. The highest BCUT2D eigenvalue weighted by atomic mass is 16.2. The van der Waals surface area contributed by atoms with Gasteiger partial charge >= 0.3 is 0 Å². The number of hydrogen-bond acceptors (Lipinski definition) is 7.